The van der Waals surface area contributed by atoms with Crippen LogP contribution in [0.3, 0.4) is 0 Å². The first-order chi connectivity index (χ1) is 9.40. The van der Waals surface area contributed by atoms with E-state index in [4.69, 9.17) is 5.11 Å². The van der Waals surface area contributed by atoms with Gasteiger partial charge in [0.2, 0.25) is 0 Å². The maximum absolute atomic E-state index is 13.5. The predicted octanol–water partition coefficient (Wildman–Crippen LogP) is 2.44. The molecule has 2 unspecified atom stereocenters. The van der Waals surface area contributed by atoms with Crippen molar-refractivity contribution in [1.82, 2.24) is 10.6 Å². The van der Waals surface area contributed by atoms with Crippen LogP contribution in [0.15, 0.2) is 24.3 Å². The van der Waals surface area contributed by atoms with Crippen molar-refractivity contribution in [2.24, 2.45) is 0 Å². The van der Waals surface area contributed by atoms with Gasteiger partial charge in [0.25, 0.3) is 0 Å². The Labute approximate surface area is 117 Å². The molecule has 0 saturated carbocycles. The minimum absolute atomic E-state index is 0.00961. The molecule has 0 aliphatic heterocycles. The third kappa shape index (κ3) is 5.26. The topological polar surface area (TPSA) is 78.4 Å². The molecular formula is C14H19FN2O3. The van der Waals surface area contributed by atoms with Crippen LogP contribution in [0.4, 0.5) is 9.18 Å². The van der Waals surface area contributed by atoms with E-state index in [0.29, 0.717) is 12.0 Å². The van der Waals surface area contributed by atoms with Crippen molar-refractivity contribution in [3.63, 3.8) is 0 Å². The average Bonchev–Trinajstić information content (AvgIpc) is 2.36. The van der Waals surface area contributed by atoms with Gasteiger partial charge in [0.05, 0.1) is 6.04 Å². The minimum atomic E-state index is -0.904. The van der Waals surface area contributed by atoms with E-state index in [1.54, 1.807) is 32.0 Å². The quantitative estimate of drug-likeness (QED) is 0.750. The summed E-state index contributed by atoms with van der Waals surface area (Å²) in [6, 6.07) is 5.04. The standard InChI is InChI=1S/C14H19FN2O3/c1-9(7-8-13(18)19)16-14(20)17-10(2)11-5-3-4-6-12(11)15/h3-6,9-10H,7-8H2,1-2H3,(H,18,19)(H2,16,17,20). The van der Waals surface area contributed by atoms with E-state index in [9.17, 15) is 14.0 Å². The van der Waals surface area contributed by atoms with Gasteiger partial charge in [-0.25, -0.2) is 9.18 Å². The first kappa shape index (κ1) is 15.9. The molecule has 0 aromatic heterocycles. The normalized spacial score (nSPS) is 13.3. The van der Waals surface area contributed by atoms with Gasteiger partial charge in [-0.05, 0) is 26.3 Å². The smallest absolute Gasteiger partial charge is 0.315 e. The van der Waals surface area contributed by atoms with Crippen LogP contribution in [0.25, 0.3) is 0 Å². The number of hydrogen-bond donors (Lipinski definition) is 3. The van der Waals surface area contributed by atoms with Gasteiger partial charge in [-0.1, -0.05) is 18.2 Å². The molecule has 0 saturated heterocycles. The van der Waals surface area contributed by atoms with Crippen molar-refractivity contribution in [2.45, 2.75) is 38.8 Å². The van der Waals surface area contributed by atoms with Crippen LogP contribution in [0.1, 0.15) is 38.3 Å². The molecule has 0 bridgehead atoms. The third-order valence-corrected chi connectivity index (χ3v) is 2.89. The molecule has 110 valence electrons. The molecule has 0 heterocycles. The maximum Gasteiger partial charge on any atom is 0.315 e. The molecule has 1 aromatic carbocycles. The molecule has 20 heavy (non-hydrogen) atoms. The third-order valence-electron chi connectivity index (χ3n) is 2.89. The number of hydrogen-bond acceptors (Lipinski definition) is 2. The number of nitrogens with one attached hydrogen (secondary N) is 2. The molecule has 0 spiro atoms. The van der Waals surface area contributed by atoms with Gasteiger partial charge < -0.3 is 15.7 Å². The van der Waals surface area contributed by atoms with Gasteiger partial charge >= 0.3 is 12.0 Å². The molecule has 0 radical (unpaired) electrons. The molecular weight excluding hydrogens is 263 g/mol. The number of carbonyl (C=O) groups is 2. The number of benzene rings is 1. The molecule has 0 aliphatic rings. The largest absolute Gasteiger partial charge is 0.481 e. The monoisotopic (exact) mass is 282 g/mol. The summed E-state index contributed by atoms with van der Waals surface area (Å²) >= 11 is 0. The second-order valence-corrected chi connectivity index (χ2v) is 4.69. The van der Waals surface area contributed by atoms with Crippen molar-refractivity contribution >= 4 is 12.0 Å². The van der Waals surface area contributed by atoms with Crippen LogP contribution in [-0.2, 0) is 4.79 Å². The average molecular weight is 282 g/mol. The van der Waals surface area contributed by atoms with Crippen molar-refractivity contribution in [2.75, 3.05) is 0 Å². The number of carbonyl (C=O) groups excluding carboxylic acids is 1. The van der Waals surface area contributed by atoms with E-state index >= 15 is 0 Å². The SMILES string of the molecule is CC(CCC(=O)O)NC(=O)NC(C)c1ccccc1F. The van der Waals surface area contributed by atoms with E-state index in [-0.39, 0.29) is 18.3 Å². The number of carboxylic acids is 1. The number of amides is 2. The van der Waals surface area contributed by atoms with Crippen molar-refractivity contribution < 1.29 is 19.1 Å². The Kier molecular flexibility index (Phi) is 5.96. The van der Waals surface area contributed by atoms with Gasteiger partial charge in [0.1, 0.15) is 5.82 Å². The highest BCUT2D eigenvalue weighted by Gasteiger charge is 2.14. The number of carboxylic acid groups (broad SMARTS) is 1. The van der Waals surface area contributed by atoms with Crippen LogP contribution >= 0.6 is 0 Å². The van der Waals surface area contributed by atoms with E-state index < -0.39 is 18.0 Å². The Morgan fingerprint density at radius 3 is 2.50 bits per heavy atom. The number of rotatable bonds is 6. The Balaban J connectivity index is 2.46. The zero-order chi connectivity index (χ0) is 15.1. The summed E-state index contributed by atoms with van der Waals surface area (Å²) in [4.78, 5) is 22.1. The second kappa shape index (κ2) is 7.47. The molecule has 5 nitrogen and oxygen atoms in total. The lowest BCUT2D eigenvalue weighted by atomic mass is 10.1. The lowest BCUT2D eigenvalue weighted by Gasteiger charge is -2.18. The molecule has 1 aromatic rings. The fraction of sp³-hybridized carbons (Fsp3) is 0.429. The summed E-state index contributed by atoms with van der Waals surface area (Å²) in [5.41, 5.74) is 0.404. The number of urea groups is 1. The zero-order valence-electron chi connectivity index (χ0n) is 11.5. The van der Waals surface area contributed by atoms with E-state index in [1.165, 1.54) is 6.07 Å². The highest BCUT2D eigenvalue weighted by molar-refractivity contribution is 5.74. The first-order valence-electron chi connectivity index (χ1n) is 6.43. The number of aliphatic carboxylic acids is 1. The van der Waals surface area contributed by atoms with Crippen molar-refractivity contribution in [3.05, 3.63) is 35.6 Å². The first-order valence-corrected chi connectivity index (χ1v) is 6.43. The van der Waals surface area contributed by atoms with Crippen molar-refractivity contribution in [1.29, 1.82) is 0 Å². The summed E-state index contributed by atoms with van der Waals surface area (Å²) in [7, 11) is 0. The summed E-state index contributed by atoms with van der Waals surface area (Å²) in [5.74, 6) is -1.28. The van der Waals surface area contributed by atoms with Gasteiger partial charge in [-0.15, -0.1) is 0 Å². The van der Waals surface area contributed by atoms with E-state index in [1.807, 2.05) is 0 Å². The van der Waals surface area contributed by atoms with E-state index in [0.717, 1.165) is 0 Å². The van der Waals surface area contributed by atoms with Gasteiger partial charge in [-0.2, -0.15) is 0 Å². The fourth-order valence-electron chi connectivity index (χ4n) is 1.78. The zero-order valence-corrected chi connectivity index (χ0v) is 11.5. The van der Waals surface area contributed by atoms with Crippen LogP contribution in [-0.4, -0.2) is 23.1 Å². The Hall–Kier alpha value is -2.11. The highest BCUT2D eigenvalue weighted by atomic mass is 19.1. The summed E-state index contributed by atoms with van der Waals surface area (Å²) in [6.07, 6.45) is 0.334. The molecule has 2 atom stereocenters. The van der Waals surface area contributed by atoms with Crippen LogP contribution in [0.5, 0.6) is 0 Å². The van der Waals surface area contributed by atoms with Gasteiger partial charge in [0.15, 0.2) is 0 Å². The second-order valence-electron chi connectivity index (χ2n) is 4.69. The molecule has 0 aliphatic carbocycles. The summed E-state index contributed by atoms with van der Waals surface area (Å²) in [6.45, 7) is 3.40. The molecule has 0 fully saturated rings. The lowest BCUT2D eigenvalue weighted by Crippen LogP contribution is -2.42. The minimum Gasteiger partial charge on any atom is -0.481 e. The Morgan fingerprint density at radius 1 is 1.25 bits per heavy atom. The van der Waals surface area contributed by atoms with Crippen LogP contribution in [0, 0.1) is 5.82 Å². The maximum atomic E-state index is 13.5. The van der Waals surface area contributed by atoms with Gasteiger partial charge in [-0.3, -0.25) is 4.79 Å². The fourth-order valence-corrected chi connectivity index (χ4v) is 1.78. The predicted molar refractivity (Wildman–Crippen MR) is 72.8 cm³/mol. The van der Waals surface area contributed by atoms with E-state index in [2.05, 4.69) is 10.6 Å². The molecule has 2 amide bonds. The molecule has 6 heteroatoms. The van der Waals surface area contributed by atoms with Gasteiger partial charge in [0, 0.05) is 18.0 Å². The Morgan fingerprint density at radius 2 is 1.90 bits per heavy atom. The lowest BCUT2D eigenvalue weighted by molar-refractivity contribution is -0.137. The van der Waals surface area contributed by atoms with Crippen LogP contribution in [0.2, 0.25) is 0 Å². The van der Waals surface area contributed by atoms with Crippen molar-refractivity contribution in [3.8, 4) is 0 Å². The Bertz CT molecular complexity index is 479. The summed E-state index contributed by atoms with van der Waals surface area (Å²) < 4.78 is 13.5. The highest BCUT2D eigenvalue weighted by Crippen LogP contribution is 2.15. The molecule has 1 rings (SSSR count). The van der Waals surface area contributed by atoms with Crippen LogP contribution < -0.4 is 10.6 Å². The number of halogens is 1. The summed E-state index contributed by atoms with van der Waals surface area (Å²) in [5, 5.41) is 13.8. The molecule has 3 N–H and O–H groups in total.